The first-order chi connectivity index (χ1) is 8.08. The quantitative estimate of drug-likeness (QED) is 0.588. The van der Waals surface area contributed by atoms with Crippen LogP contribution in [-0.4, -0.2) is 11.6 Å². The monoisotopic (exact) mass is 376 g/mol. The molecule has 0 atom stereocenters. The largest absolute Gasteiger partial charge is 0.460 e. The van der Waals surface area contributed by atoms with E-state index in [1.165, 1.54) is 17.6 Å². The minimum atomic E-state index is -0.323. The van der Waals surface area contributed by atoms with Crippen LogP contribution < -0.4 is 0 Å². The second kappa shape index (κ2) is 5.29. The Morgan fingerprint density at radius 3 is 2.47 bits per heavy atom. The average Bonchev–Trinajstić information content (AvgIpc) is 2.86. The van der Waals surface area contributed by atoms with Gasteiger partial charge in [-0.25, -0.2) is 0 Å². The van der Waals surface area contributed by atoms with Gasteiger partial charge in [0.05, 0.1) is 25.8 Å². The van der Waals surface area contributed by atoms with Crippen LogP contribution in [0.1, 0.15) is 26.6 Å². The highest BCUT2D eigenvalue weighted by Crippen LogP contribution is 2.25. The first kappa shape index (κ1) is 12.7. The molecular weight excluding hydrogens is 372 g/mol. The Bertz CT molecular complexity index is 571. The number of hydrogen-bond acceptors (Lipinski definition) is 4. The molecule has 0 bridgehead atoms. The highest BCUT2D eigenvalue weighted by Gasteiger charge is 2.19. The van der Waals surface area contributed by atoms with Crippen LogP contribution in [0.5, 0.6) is 0 Å². The molecule has 0 saturated heterocycles. The summed E-state index contributed by atoms with van der Waals surface area (Å²) in [7, 11) is 0. The van der Waals surface area contributed by atoms with Crippen LogP contribution in [0.4, 0.5) is 0 Å². The van der Waals surface area contributed by atoms with Crippen molar-refractivity contribution in [2.75, 3.05) is 0 Å². The molecule has 3 nitrogen and oxygen atoms in total. The molecule has 2 heterocycles. The maximum absolute atomic E-state index is 11.8. The molecule has 6 heteroatoms. The lowest BCUT2D eigenvalue weighted by Crippen LogP contribution is -2.06. The molecule has 0 N–H and O–H groups in total. The van der Waals surface area contributed by atoms with Gasteiger partial charge in [-0.15, -0.1) is 11.3 Å². The molecular formula is C11H6Br2O3S. The van der Waals surface area contributed by atoms with Crippen molar-refractivity contribution in [1.82, 2.24) is 0 Å². The van der Waals surface area contributed by atoms with E-state index in [1.807, 2.05) is 0 Å². The number of rotatable bonds is 4. The Labute approximate surface area is 118 Å². The number of ketones is 2. The van der Waals surface area contributed by atoms with Crippen molar-refractivity contribution < 1.29 is 14.0 Å². The van der Waals surface area contributed by atoms with Gasteiger partial charge >= 0.3 is 0 Å². The molecule has 0 amide bonds. The van der Waals surface area contributed by atoms with Crippen LogP contribution in [0, 0.1) is 0 Å². The molecule has 88 valence electrons. The highest BCUT2D eigenvalue weighted by molar-refractivity contribution is 9.11. The van der Waals surface area contributed by atoms with Crippen LogP contribution in [0.3, 0.4) is 0 Å². The molecule has 2 rings (SSSR count). The summed E-state index contributed by atoms with van der Waals surface area (Å²) >= 11 is 7.77. The molecule has 0 fully saturated rings. The van der Waals surface area contributed by atoms with E-state index in [0.717, 1.165) is 3.79 Å². The summed E-state index contributed by atoms with van der Waals surface area (Å²) < 4.78 is 6.45. The van der Waals surface area contributed by atoms with Crippen LogP contribution in [0.15, 0.2) is 37.1 Å². The second-order valence-electron chi connectivity index (χ2n) is 3.22. The third-order valence-electron chi connectivity index (χ3n) is 2.04. The van der Waals surface area contributed by atoms with Gasteiger partial charge in [-0.2, -0.15) is 0 Å². The van der Waals surface area contributed by atoms with Gasteiger partial charge in [0.2, 0.25) is 5.78 Å². The number of carbonyl (C=O) groups excluding carboxylic acids is 2. The Balaban J connectivity index is 2.10. The fraction of sp³-hybridized carbons (Fsp3) is 0.0909. The normalized spacial score (nSPS) is 10.5. The Morgan fingerprint density at radius 1 is 1.18 bits per heavy atom. The van der Waals surface area contributed by atoms with E-state index in [2.05, 4.69) is 31.9 Å². The van der Waals surface area contributed by atoms with Crippen molar-refractivity contribution in [3.05, 3.63) is 43.4 Å². The molecule has 2 aromatic rings. The smallest absolute Gasteiger partial charge is 0.206 e. The van der Waals surface area contributed by atoms with Gasteiger partial charge in [-0.1, -0.05) is 0 Å². The summed E-state index contributed by atoms with van der Waals surface area (Å²) in [6, 6.07) is 5.10. The predicted octanol–water partition coefficient (Wildman–Crippen LogP) is 4.32. The summed E-state index contributed by atoms with van der Waals surface area (Å²) in [5, 5.41) is 0. The summed E-state index contributed by atoms with van der Waals surface area (Å²) in [5.74, 6) is -0.334. The topological polar surface area (TPSA) is 47.3 Å². The van der Waals surface area contributed by atoms with Gasteiger partial charge in [-0.05, 0) is 50.1 Å². The lowest BCUT2D eigenvalue weighted by molar-refractivity contribution is 0.0879. The third kappa shape index (κ3) is 2.94. The third-order valence-corrected chi connectivity index (χ3v) is 4.33. The zero-order chi connectivity index (χ0) is 12.4. The summed E-state index contributed by atoms with van der Waals surface area (Å²) in [4.78, 5) is 24.1. The Kier molecular flexibility index (Phi) is 3.96. The first-order valence-corrected chi connectivity index (χ1v) is 7.03. The van der Waals surface area contributed by atoms with Gasteiger partial charge in [0.1, 0.15) is 0 Å². The van der Waals surface area contributed by atoms with E-state index >= 15 is 0 Å². The van der Waals surface area contributed by atoms with E-state index in [-0.39, 0.29) is 23.7 Å². The van der Waals surface area contributed by atoms with Crippen molar-refractivity contribution in [1.29, 1.82) is 0 Å². The molecule has 0 radical (unpaired) electrons. The number of furan rings is 1. The molecule has 0 unspecified atom stereocenters. The minimum absolute atomic E-state index is 0.181. The standard InChI is InChI=1S/C11H6Br2O3S/c12-6-3-4-16-11(6)8(15)5-7(14)9-1-2-10(13)17-9/h1-4H,5H2. The lowest BCUT2D eigenvalue weighted by atomic mass is 10.1. The van der Waals surface area contributed by atoms with Gasteiger partial charge < -0.3 is 4.42 Å². The number of Topliss-reactive ketones (excluding diaryl/α,β-unsaturated/α-hetero) is 2. The SMILES string of the molecule is O=C(CC(=O)c1occc1Br)c1ccc(Br)s1. The zero-order valence-electron chi connectivity index (χ0n) is 8.41. The Hall–Kier alpha value is -0.720. The Morgan fingerprint density at radius 2 is 1.94 bits per heavy atom. The van der Waals surface area contributed by atoms with Crippen LogP contribution in [0.25, 0.3) is 0 Å². The van der Waals surface area contributed by atoms with Gasteiger partial charge in [0.15, 0.2) is 11.5 Å². The van der Waals surface area contributed by atoms with Crippen LogP contribution in [0.2, 0.25) is 0 Å². The van der Waals surface area contributed by atoms with Crippen molar-refractivity contribution in [3.63, 3.8) is 0 Å². The predicted molar refractivity (Wildman–Crippen MR) is 71.7 cm³/mol. The van der Waals surface area contributed by atoms with E-state index in [0.29, 0.717) is 9.35 Å². The van der Waals surface area contributed by atoms with E-state index in [1.54, 1.807) is 18.2 Å². The molecule has 0 aromatic carbocycles. The molecule has 2 aromatic heterocycles. The fourth-order valence-corrected chi connectivity index (χ4v) is 3.02. The summed E-state index contributed by atoms with van der Waals surface area (Å²) in [6.45, 7) is 0. The minimum Gasteiger partial charge on any atom is -0.460 e. The van der Waals surface area contributed by atoms with Crippen LogP contribution >= 0.6 is 43.2 Å². The fourth-order valence-electron chi connectivity index (χ4n) is 1.27. The molecule has 0 aliphatic rings. The number of halogens is 2. The van der Waals surface area contributed by atoms with Crippen molar-refractivity contribution >= 4 is 54.8 Å². The van der Waals surface area contributed by atoms with E-state index < -0.39 is 0 Å². The zero-order valence-corrected chi connectivity index (χ0v) is 12.4. The van der Waals surface area contributed by atoms with Gasteiger partial charge in [0, 0.05) is 0 Å². The highest BCUT2D eigenvalue weighted by atomic mass is 79.9. The molecule has 0 aliphatic carbocycles. The maximum atomic E-state index is 11.8. The average molecular weight is 378 g/mol. The summed E-state index contributed by atoms with van der Waals surface area (Å²) in [6.07, 6.45) is 1.22. The van der Waals surface area contributed by atoms with Crippen molar-refractivity contribution in [2.45, 2.75) is 6.42 Å². The first-order valence-electron chi connectivity index (χ1n) is 4.62. The molecule has 0 spiro atoms. The second-order valence-corrected chi connectivity index (χ2v) is 6.54. The van der Waals surface area contributed by atoms with E-state index in [4.69, 9.17) is 4.42 Å². The number of thiophene rings is 1. The molecule has 0 aliphatic heterocycles. The lowest BCUT2D eigenvalue weighted by Gasteiger charge is -1.96. The van der Waals surface area contributed by atoms with Gasteiger partial charge in [0.25, 0.3) is 0 Å². The van der Waals surface area contributed by atoms with Crippen molar-refractivity contribution in [3.8, 4) is 0 Å². The molecule has 0 saturated carbocycles. The summed E-state index contributed by atoms with van der Waals surface area (Å²) in [5.41, 5.74) is 0. The molecule has 17 heavy (non-hydrogen) atoms. The van der Waals surface area contributed by atoms with Crippen molar-refractivity contribution in [2.24, 2.45) is 0 Å². The van der Waals surface area contributed by atoms with Gasteiger partial charge in [-0.3, -0.25) is 9.59 Å². The number of carbonyl (C=O) groups is 2. The number of hydrogen-bond donors (Lipinski definition) is 0. The van der Waals surface area contributed by atoms with Crippen LogP contribution in [-0.2, 0) is 0 Å². The van der Waals surface area contributed by atoms with E-state index in [9.17, 15) is 9.59 Å². The maximum Gasteiger partial charge on any atom is 0.206 e.